The predicted molar refractivity (Wildman–Crippen MR) is 108 cm³/mol. The minimum Gasteiger partial charge on any atom is -0.370 e. The third-order valence-corrected chi connectivity index (χ3v) is 5.38. The van der Waals surface area contributed by atoms with Crippen LogP contribution in [-0.2, 0) is 4.79 Å². The van der Waals surface area contributed by atoms with Crippen LogP contribution in [0.4, 0.5) is 24.5 Å². The van der Waals surface area contributed by atoms with Gasteiger partial charge in [0, 0.05) is 36.9 Å². The molecule has 1 N–H and O–H groups in total. The zero-order valence-electron chi connectivity index (χ0n) is 16.1. The normalized spacial score (nSPS) is 16.6. The topological polar surface area (TPSA) is 79.6 Å². The Balaban J connectivity index is 1.53. The number of rotatable bonds is 5. The van der Waals surface area contributed by atoms with Crippen molar-refractivity contribution < 1.29 is 22.8 Å². The Kier molecular flexibility index (Phi) is 5.57. The van der Waals surface area contributed by atoms with Crippen molar-refractivity contribution in [2.45, 2.75) is 19.0 Å². The van der Waals surface area contributed by atoms with Crippen molar-refractivity contribution in [1.82, 2.24) is 14.6 Å². The molecule has 1 aromatic carbocycles. The number of hydrogen-bond acceptors (Lipinski definition) is 5. The van der Waals surface area contributed by atoms with E-state index < -0.39 is 30.2 Å². The standard InChI is InChI=1S/C20H17ClF3N5O2/c21-13-2-3-16(28-7-4-12(11-28)8-17(30)20(22,23)24)15(9-13)27-19(31)14-10-26-29-6-1-5-25-18(14)29/h1-3,5-6,9-10,12H,4,7-8,11H2,(H,27,31). The Bertz CT molecular complexity index is 1150. The van der Waals surface area contributed by atoms with E-state index in [0.29, 0.717) is 35.0 Å². The smallest absolute Gasteiger partial charge is 0.370 e. The molecular weight excluding hydrogens is 435 g/mol. The van der Waals surface area contributed by atoms with E-state index >= 15 is 0 Å². The Labute approximate surface area is 179 Å². The molecule has 3 heterocycles. The van der Waals surface area contributed by atoms with Crippen molar-refractivity contribution in [3.05, 3.63) is 53.4 Å². The Morgan fingerprint density at radius 2 is 2.10 bits per heavy atom. The van der Waals surface area contributed by atoms with Crippen LogP contribution in [-0.4, -0.2) is 45.6 Å². The van der Waals surface area contributed by atoms with Gasteiger partial charge < -0.3 is 10.2 Å². The third kappa shape index (κ3) is 4.48. The summed E-state index contributed by atoms with van der Waals surface area (Å²) < 4.78 is 39.2. The van der Waals surface area contributed by atoms with Gasteiger partial charge in [0.25, 0.3) is 5.91 Å². The summed E-state index contributed by atoms with van der Waals surface area (Å²) in [4.78, 5) is 30.2. The molecule has 0 spiro atoms. The van der Waals surface area contributed by atoms with Crippen molar-refractivity contribution in [3.8, 4) is 0 Å². The van der Waals surface area contributed by atoms with E-state index in [4.69, 9.17) is 11.6 Å². The summed E-state index contributed by atoms with van der Waals surface area (Å²) in [5.74, 6) is -2.58. The number of nitrogens with one attached hydrogen (secondary N) is 1. The van der Waals surface area contributed by atoms with Gasteiger partial charge in [0.2, 0.25) is 5.78 Å². The van der Waals surface area contributed by atoms with Crippen molar-refractivity contribution in [2.75, 3.05) is 23.3 Å². The fraction of sp³-hybridized carbons (Fsp3) is 0.300. The number of alkyl halides is 3. The molecule has 162 valence electrons. The monoisotopic (exact) mass is 451 g/mol. The second-order valence-electron chi connectivity index (χ2n) is 7.29. The van der Waals surface area contributed by atoms with Gasteiger partial charge in [-0.05, 0) is 36.6 Å². The molecule has 3 aromatic rings. The highest BCUT2D eigenvalue weighted by Crippen LogP contribution is 2.35. The molecule has 1 amide bonds. The van der Waals surface area contributed by atoms with Crippen LogP contribution in [0.5, 0.6) is 0 Å². The highest BCUT2D eigenvalue weighted by atomic mass is 35.5. The van der Waals surface area contributed by atoms with Crippen LogP contribution >= 0.6 is 11.6 Å². The van der Waals surface area contributed by atoms with Crippen LogP contribution in [0.2, 0.25) is 5.02 Å². The number of ketones is 1. The van der Waals surface area contributed by atoms with E-state index in [1.165, 1.54) is 10.7 Å². The molecule has 0 radical (unpaired) electrons. The first kappa shape index (κ1) is 21.1. The molecule has 1 saturated heterocycles. The number of amides is 1. The van der Waals surface area contributed by atoms with Gasteiger partial charge in [0.15, 0.2) is 5.65 Å². The number of nitrogens with zero attached hydrogens (tertiary/aromatic N) is 4. The molecule has 4 rings (SSSR count). The minimum atomic E-state index is -4.82. The molecule has 1 fully saturated rings. The van der Waals surface area contributed by atoms with Gasteiger partial charge in [-0.3, -0.25) is 9.59 Å². The van der Waals surface area contributed by atoms with Gasteiger partial charge in [0.05, 0.1) is 17.6 Å². The first-order chi connectivity index (χ1) is 14.7. The zero-order valence-corrected chi connectivity index (χ0v) is 16.8. The van der Waals surface area contributed by atoms with Crippen molar-refractivity contribution in [2.24, 2.45) is 5.92 Å². The highest BCUT2D eigenvalue weighted by Gasteiger charge is 2.40. The third-order valence-electron chi connectivity index (χ3n) is 5.15. The summed E-state index contributed by atoms with van der Waals surface area (Å²) in [6, 6.07) is 6.59. The Hall–Kier alpha value is -3.14. The van der Waals surface area contributed by atoms with Crippen LogP contribution in [0.1, 0.15) is 23.2 Å². The van der Waals surface area contributed by atoms with E-state index in [2.05, 4.69) is 15.4 Å². The summed E-state index contributed by atoms with van der Waals surface area (Å²) in [5.41, 5.74) is 1.68. The molecule has 0 saturated carbocycles. The van der Waals surface area contributed by atoms with E-state index in [9.17, 15) is 22.8 Å². The Morgan fingerprint density at radius 3 is 2.87 bits per heavy atom. The summed E-state index contributed by atoms with van der Waals surface area (Å²) in [6.07, 6.45) is -0.327. The number of fused-ring (bicyclic) bond motifs is 1. The van der Waals surface area contributed by atoms with Crippen LogP contribution < -0.4 is 10.2 Å². The van der Waals surface area contributed by atoms with Crippen LogP contribution in [0, 0.1) is 5.92 Å². The van der Waals surface area contributed by atoms with E-state index in [1.807, 2.05) is 4.90 Å². The summed E-state index contributed by atoms with van der Waals surface area (Å²) >= 11 is 6.11. The highest BCUT2D eigenvalue weighted by molar-refractivity contribution is 6.31. The molecular formula is C20H17ClF3N5O2. The summed E-state index contributed by atoms with van der Waals surface area (Å²) in [6.45, 7) is 0.725. The molecule has 2 aromatic heterocycles. The lowest BCUT2D eigenvalue weighted by molar-refractivity contribution is -0.171. The van der Waals surface area contributed by atoms with Gasteiger partial charge in [-0.2, -0.15) is 18.3 Å². The number of halogens is 4. The minimum absolute atomic E-state index is 0.265. The van der Waals surface area contributed by atoms with Gasteiger partial charge in [-0.15, -0.1) is 0 Å². The predicted octanol–water partition coefficient (Wildman–Crippen LogP) is 3.98. The number of benzene rings is 1. The first-order valence-corrected chi connectivity index (χ1v) is 9.84. The largest absolute Gasteiger partial charge is 0.449 e. The first-order valence-electron chi connectivity index (χ1n) is 9.46. The molecule has 1 aliphatic rings. The van der Waals surface area contributed by atoms with Crippen LogP contribution in [0.25, 0.3) is 5.65 Å². The number of aromatic nitrogens is 3. The molecule has 1 unspecified atom stereocenters. The maximum Gasteiger partial charge on any atom is 0.449 e. The van der Waals surface area contributed by atoms with Crippen LogP contribution in [0.3, 0.4) is 0 Å². The van der Waals surface area contributed by atoms with Crippen molar-refractivity contribution in [3.63, 3.8) is 0 Å². The van der Waals surface area contributed by atoms with Crippen LogP contribution in [0.15, 0.2) is 42.9 Å². The average Bonchev–Trinajstić information content (AvgIpc) is 3.34. The van der Waals surface area contributed by atoms with Crippen molar-refractivity contribution in [1.29, 1.82) is 0 Å². The number of anilines is 2. The SMILES string of the molecule is O=C(Nc1cc(Cl)ccc1N1CCC(CC(=O)C(F)(F)F)C1)c1cnn2cccnc12. The molecule has 0 aliphatic carbocycles. The zero-order chi connectivity index (χ0) is 22.2. The number of carbonyl (C=O) groups is 2. The quantitative estimate of drug-likeness (QED) is 0.634. The number of Topliss-reactive ketones (excluding diaryl/α,β-unsaturated/α-hetero) is 1. The van der Waals surface area contributed by atoms with E-state index in [0.717, 1.165) is 0 Å². The molecule has 7 nitrogen and oxygen atoms in total. The average molecular weight is 452 g/mol. The molecule has 1 atom stereocenters. The van der Waals surface area contributed by atoms with Gasteiger partial charge in [0.1, 0.15) is 5.56 Å². The van der Waals surface area contributed by atoms with Gasteiger partial charge >= 0.3 is 6.18 Å². The fourth-order valence-corrected chi connectivity index (χ4v) is 3.83. The maximum absolute atomic E-state index is 12.9. The van der Waals surface area contributed by atoms with E-state index in [-0.39, 0.29) is 12.1 Å². The van der Waals surface area contributed by atoms with Gasteiger partial charge in [-0.1, -0.05) is 11.6 Å². The lowest BCUT2D eigenvalue weighted by Crippen LogP contribution is -2.27. The second-order valence-corrected chi connectivity index (χ2v) is 7.72. The van der Waals surface area contributed by atoms with Crippen molar-refractivity contribution >= 4 is 40.3 Å². The summed E-state index contributed by atoms with van der Waals surface area (Å²) in [7, 11) is 0. The summed E-state index contributed by atoms with van der Waals surface area (Å²) in [5, 5.41) is 7.28. The molecule has 0 bridgehead atoms. The maximum atomic E-state index is 12.9. The number of carbonyl (C=O) groups excluding carboxylic acids is 2. The second kappa shape index (κ2) is 8.18. The van der Waals surface area contributed by atoms with E-state index in [1.54, 1.807) is 36.7 Å². The fourth-order valence-electron chi connectivity index (χ4n) is 3.66. The van der Waals surface area contributed by atoms with Gasteiger partial charge in [-0.25, -0.2) is 9.50 Å². The molecule has 31 heavy (non-hydrogen) atoms. The number of hydrogen-bond donors (Lipinski definition) is 1. The lowest BCUT2D eigenvalue weighted by atomic mass is 10.0. The Morgan fingerprint density at radius 1 is 1.29 bits per heavy atom. The molecule has 11 heteroatoms. The lowest BCUT2D eigenvalue weighted by Gasteiger charge is -2.22. The molecule has 1 aliphatic heterocycles.